The van der Waals surface area contributed by atoms with Gasteiger partial charge in [-0.05, 0) is 22.3 Å². The number of rotatable bonds is 12. The van der Waals surface area contributed by atoms with Gasteiger partial charge in [0.05, 0.1) is 33.4 Å². The van der Waals surface area contributed by atoms with Gasteiger partial charge in [-0.15, -0.1) is 0 Å². The lowest BCUT2D eigenvalue weighted by molar-refractivity contribution is 0.0402. The molecule has 5 aromatic carbocycles. The Balaban J connectivity index is 1.67. The Morgan fingerprint density at radius 2 is 0.620 bits per heavy atom. The molecule has 0 amide bonds. The average molecular weight is 665 g/mol. The summed E-state index contributed by atoms with van der Waals surface area (Å²) in [5.74, 6) is -4.88. The summed E-state index contributed by atoms with van der Waals surface area (Å²) in [6, 6.07) is 37.9. The first-order chi connectivity index (χ1) is 24.4. The van der Waals surface area contributed by atoms with Crippen LogP contribution in [-0.2, 0) is 45.4 Å². The summed E-state index contributed by atoms with van der Waals surface area (Å²) in [7, 11) is 0. The van der Waals surface area contributed by atoms with Crippen molar-refractivity contribution < 1.29 is 38.1 Å². The second-order valence-corrected chi connectivity index (χ2v) is 10.7. The van der Waals surface area contributed by atoms with Crippen LogP contribution in [0.25, 0.3) is 0 Å². The highest BCUT2D eigenvalue weighted by molar-refractivity contribution is 6.16. The standard InChI is InChI=1S/C40H28N2O8/c41-21-31-33(37(43)47-23-27-13-5-1-6-14-27)32(22-42)35(39(45)49-25-29-17-9-3-10-18-29)36(40(46)50-26-30-19-11-4-12-20-30)34(31)38(44)48-24-28-15-7-2-8-16-28/h1-20H,23-26H2. The molecular formula is C40H28N2O8. The lowest BCUT2D eigenvalue weighted by atomic mass is 9.86. The first-order valence-corrected chi connectivity index (χ1v) is 15.3. The van der Waals surface area contributed by atoms with Crippen LogP contribution in [0, 0.1) is 22.7 Å². The van der Waals surface area contributed by atoms with Crippen molar-refractivity contribution in [2.75, 3.05) is 0 Å². The van der Waals surface area contributed by atoms with Gasteiger partial charge >= 0.3 is 23.9 Å². The number of hydrogen-bond donors (Lipinski definition) is 0. The quantitative estimate of drug-likeness (QED) is 0.102. The van der Waals surface area contributed by atoms with Gasteiger partial charge in [-0.1, -0.05) is 121 Å². The van der Waals surface area contributed by atoms with Crippen molar-refractivity contribution in [1.29, 1.82) is 10.5 Å². The largest absolute Gasteiger partial charge is 0.457 e. The van der Waals surface area contributed by atoms with Gasteiger partial charge in [-0.2, -0.15) is 10.5 Å². The second-order valence-electron chi connectivity index (χ2n) is 10.7. The van der Waals surface area contributed by atoms with E-state index in [1.165, 1.54) is 0 Å². The lowest BCUT2D eigenvalue weighted by Crippen LogP contribution is -2.26. The van der Waals surface area contributed by atoms with E-state index in [1.54, 1.807) is 133 Å². The smallest absolute Gasteiger partial charge is 0.341 e. The minimum atomic E-state index is -1.23. The Hall–Kier alpha value is -7.04. The zero-order chi connectivity index (χ0) is 35.3. The van der Waals surface area contributed by atoms with E-state index in [1.807, 2.05) is 0 Å². The van der Waals surface area contributed by atoms with E-state index in [2.05, 4.69) is 0 Å². The van der Waals surface area contributed by atoms with Crippen LogP contribution in [0.2, 0.25) is 0 Å². The van der Waals surface area contributed by atoms with Crippen LogP contribution in [-0.4, -0.2) is 23.9 Å². The topological polar surface area (TPSA) is 153 Å². The van der Waals surface area contributed by atoms with E-state index in [-0.39, 0.29) is 26.4 Å². The van der Waals surface area contributed by atoms with Crippen LogP contribution < -0.4 is 0 Å². The Morgan fingerprint density at radius 3 is 0.880 bits per heavy atom. The van der Waals surface area contributed by atoms with Crippen molar-refractivity contribution in [3.05, 3.63) is 177 Å². The van der Waals surface area contributed by atoms with Crippen molar-refractivity contribution in [2.24, 2.45) is 0 Å². The van der Waals surface area contributed by atoms with E-state index in [0.29, 0.717) is 22.3 Å². The predicted octanol–water partition coefficient (Wildman–Crippen LogP) is 6.86. The number of carbonyl (C=O) groups excluding carboxylic acids is 4. The average Bonchev–Trinajstić information content (AvgIpc) is 3.17. The van der Waals surface area contributed by atoms with Crippen LogP contribution in [0.1, 0.15) is 74.8 Å². The molecule has 0 aromatic heterocycles. The van der Waals surface area contributed by atoms with Crippen molar-refractivity contribution in [3.63, 3.8) is 0 Å². The van der Waals surface area contributed by atoms with Gasteiger partial charge in [0, 0.05) is 0 Å². The number of nitriles is 2. The third-order valence-corrected chi connectivity index (χ3v) is 7.39. The first-order valence-electron chi connectivity index (χ1n) is 15.3. The summed E-state index contributed by atoms with van der Waals surface area (Å²) in [5, 5.41) is 20.9. The van der Waals surface area contributed by atoms with E-state index in [9.17, 15) is 29.7 Å². The van der Waals surface area contributed by atoms with Gasteiger partial charge in [0.25, 0.3) is 0 Å². The molecular weight excluding hydrogens is 636 g/mol. The summed E-state index contributed by atoms with van der Waals surface area (Å²) in [6.07, 6.45) is 0. The SMILES string of the molecule is N#Cc1c(C(=O)OCc2ccccc2)c(C#N)c(C(=O)OCc2ccccc2)c(C(=O)OCc2ccccc2)c1C(=O)OCc1ccccc1. The molecule has 5 rings (SSSR count). The van der Waals surface area contributed by atoms with Crippen LogP contribution in [0.4, 0.5) is 0 Å². The molecule has 0 saturated carbocycles. The maximum absolute atomic E-state index is 14.0. The zero-order valence-electron chi connectivity index (χ0n) is 26.5. The number of nitrogens with zero attached hydrogens (tertiary/aromatic N) is 2. The molecule has 0 saturated heterocycles. The molecule has 0 fully saturated rings. The number of carbonyl (C=O) groups is 4. The molecule has 10 heteroatoms. The Kier molecular flexibility index (Phi) is 11.4. The second kappa shape index (κ2) is 16.7. The number of benzene rings is 5. The Labute approximate surface area is 287 Å². The minimum Gasteiger partial charge on any atom is -0.457 e. The molecule has 10 nitrogen and oxygen atoms in total. The fourth-order valence-corrected chi connectivity index (χ4v) is 4.97. The molecule has 0 unspecified atom stereocenters. The lowest BCUT2D eigenvalue weighted by Gasteiger charge is -2.19. The predicted molar refractivity (Wildman–Crippen MR) is 178 cm³/mol. The van der Waals surface area contributed by atoms with Crippen molar-refractivity contribution in [2.45, 2.75) is 26.4 Å². The molecule has 0 bridgehead atoms. The number of hydrogen-bond acceptors (Lipinski definition) is 10. The first kappa shape index (κ1) is 34.3. The Morgan fingerprint density at radius 1 is 0.380 bits per heavy atom. The molecule has 0 N–H and O–H groups in total. The molecule has 0 atom stereocenters. The molecule has 0 aliphatic heterocycles. The fraction of sp³-hybridized carbons (Fsp3) is 0.100. The third-order valence-electron chi connectivity index (χ3n) is 7.39. The maximum atomic E-state index is 14.0. The molecule has 0 radical (unpaired) electrons. The van der Waals surface area contributed by atoms with E-state index >= 15 is 0 Å². The van der Waals surface area contributed by atoms with Crippen LogP contribution in [0.5, 0.6) is 0 Å². The summed E-state index contributed by atoms with van der Waals surface area (Å²) < 4.78 is 22.1. The normalized spacial score (nSPS) is 10.2. The van der Waals surface area contributed by atoms with Gasteiger partial charge in [0.2, 0.25) is 0 Å². The molecule has 5 aromatic rings. The minimum absolute atomic E-state index is 0.266. The van der Waals surface area contributed by atoms with Crippen molar-refractivity contribution in [3.8, 4) is 12.1 Å². The fourth-order valence-electron chi connectivity index (χ4n) is 4.97. The van der Waals surface area contributed by atoms with Gasteiger partial charge < -0.3 is 18.9 Å². The van der Waals surface area contributed by atoms with Gasteiger partial charge in [-0.3, -0.25) is 0 Å². The highest BCUT2D eigenvalue weighted by Gasteiger charge is 2.39. The van der Waals surface area contributed by atoms with Crippen LogP contribution in [0.15, 0.2) is 121 Å². The summed E-state index contributed by atoms with van der Waals surface area (Å²) in [5.41, 5.74) is -2.06. The van der Waals surface area contributed by atoms with Crippen molar-refractivity contribution >= 4 is 23.9 Å². The highest BCUT2D eigenvalue weighted by atomic mass is 16.5. The summed E-state index contributed by atoms with van der Waals surface area (Å²) in [6.45, 7) is -1.13. The van der Waals surface area contributed by atoms with E-state index < -0.39 is 57.3 Å². The van der Waals surface area contributed by atoms with E-state index in [0.717, 1.165) is 0 Å². The third kappa shape index (κ3) is 8.26. The van der Waals surface area contributed by atoms with Crippen LogP contribution >= 0.6 is 0 Å². The van der Waals surface area contributed by atoms with Gasteiger partial charge in [0.15, 0.2) is 0 Å². The number of ether oxygens (including phenoxy) is 4. The molecule has 0 heterocycles. The van der Waals surface area contributed by atoms with E-state index in [4.69, 9.17) is 18.9 Å². The molecule has 0 spiro atoms. The van der Waals surface area contributed by atoms with Crippen LogP contribution in [0.3, 0.4) is 0 Å². The highest BCUT2D eigenvalue weighted by Crippen LogP contribution is 2.32. The monoisotopic (exact) mass is 664 g/mol. The summed E-state index contributed by atoms with van der Waals surface area (Å²) >= 11 is 0. The number of esters is 4. The molecule has 50 heavy (non-hydrogen) atoms. The molecule has 246 valence electrons. The van der Waals surface area contributed by atoms with Crippen molar-refractivity contribution in [1.82, 2.24) is 0 Å². The zero-order valence-corrected chi connectivity index (χ0v) is 26.5. The maximum Gasteiger partial charge on any atom is 0.341 e. The Bertz CT molecular complexity index is 1990. The van der Waals surface area contributed by atoms with Gasteiger partial charge in [-0.25, -0.2) is 19.2 Å². The molecule has 0 aliphatic carbocycles. The summed E-state index contributed by atoms with van der Waals surface area (Å²) in [4.78, 5) is 55.6. The van der Waals surface area contributed by atoms with Gasteiger partial charge in [0.1, 0.15) is 38.6 Å². The molecule has 0 aliphatic rings.